The number of rotatable bonds is 3. The van der Waals surface area contributed by atoms with Crippen molar-refractivity contribution in [3.05, 3.63) is 16.9 Å². The van der Waals surface area contributed by atoms with Crippen molar-refractivity contribution in [2.75, 3.05) is 18.0 Å². The van der Waals surface area contributed by atoms with Crippen LogP contribution in [-0.2, 0) is 0 Å². The van der Waals surface area contributed by atoms with Crippen LogP contribution >= 0.6 is 11.3 Å². The molecule has 18 heavy (non-hydrogen) atoms. The zero-order valence-electron chi connectivity index (χ0n) is 9.52. The zero-order chi connectivity index (χ0) is 12.7. The van der Waals surface area contributed by atoms with Gasteiger partial charge in [0.2, 0.25) is 5.13 Å². The molecule has 2 aromatic heterocycles. The van der Waals surface area contributed by atoms with Gasteiger partial charge in [-0.3, -0.25) is 0 Å². The number of carbonyl (C=O) groups is 1. The predicted octanol–water partition coefficient (Wildman–Crippen LogP) is 0.198. The maximum Gasteiger partial charge on any atom is 0.358 e. The summed E-state index contributed by atoms with van der Waals surface area (Å²) >= 11 is 1.54. The van der Waals surface area contributed by atoms with E-state index in [9.17, 15) is 4.79 Å². The second kappa shape index (κ2) is 4.02. The van der Waals surface area contributed by atoms with Gasteiger partial charge in [0.15, 0.2) is 5.69 Å². The summed E-state index contributed by atoms with van der Waals surface area (Å²) in [4.78, 5) is 12.8. The lowest BCUT2D eigenvalue weighted by atomic mass is 10.1. The van der Waals surface area contributed by atoms with Gasteiger partial charge in [0.1, 0.15) is 5.01 Å². The third-order valence-electron chi connectivity index (χ3n) is 2.75. The standard InChI is InChI=1S/C9H10N6O2S/c1-5-10-12-9(18-5)14-2-6(3-14)15-4-7(8(16)17)11-13-15/h4,6H,2-3H2,1H3,(H,16,17). The summed E-state index contributed by atoms with van der Waals surface area (Å²) in [5.74, 6) is -1.06. The molecule has 2 aromatic rings. The van der Waals surface area contributed by atoms with Crippen LogP contribution in [0, 0.1) is 6.92 Å². The fourth-order valence-electron chi connectivity index (χ4n) is 1.75. The molecule has 0 spiro atoms. The second-order valence-corrected chi connectivity index (χ2v) is 5.21. The van der Waals surface area contributed by atoms with Crippen molar-refractivity contribution in [2.24, 2.45) is 0 Å². The van der Waals surface area contributed by atoms with Crippen molar-refractivity contribution < 1.29 is 9.90 Å². The molecule has 3 rings (SSSR count). The first-order valence-corrected chi connectivity index (χ1v) is 6.15. The van der Waals surface area contributed by atoms with Gasteiger partial charge in [0.05, 0.1) is 12.2 Å². The zero-order valence-corrected chi connectivity index (χ0v) is 10.3. The number of aryl methyl sites for hydroxylation is 1. The van der Waals surface area contributed by atoms with E-state index in [1.54, 1.807) is 16.0 Å². The van der Waals surface area contributed by atoms with E-state index in [0.717, 1.165) is 23.2 Å². The molecule has 0 amide bonds. The number of hydrogen-bond acceptors (Lipinski definition) is 7. The van der Waals surface area contributed by atoms with E-state index in [1.165, 1.54) is 6.20 Å². The molecule has 94 valence electrons. The number of carboxylic acid groups (broad SMARTS) is 1. The van der Waals surface area contributed by atoms with Crippen LogP contribution in [-0.4, -0.2) is 49.4 Å². The van der Waals surface area contributed by atoms with Crippen LogP contribution < -0.4 is 4.90 Å². The van der Waals surface area contributed by atoms with E-state index in [2.05, 4.69) is 25.4 Å². The van der Waals surface area contributed by atoms with Crippen molar-refractivity contribution in [3.63, 3.8) is 0 Å². The lowest BCUT2D eigenvalue weighted by molar-refractivity contribution is 0.0690. The molecule has 1 saturated heterocycles. The Morgan fingerprint density at radius 3 is 2.78 bits per heavy atom. The SMILES string of the molecule is Cc1nnc(N2CC(n3cc(C(=O)O)nn3)C2)s1. The minimum atomic E-state index is -1.06. The maximum atomic E-state index is 10.7. The molecular formula is C9H10N6O2S. The largest absolute Gasteiger partial charge is 0.476 e. The number of aromatic carboxylic acids is 1. The summed E-state index contributed by atoms with van der Waals surface area (Å²) in [5.41, 5.74) is -0.0276. The summed E-state index contributed by atoms with van der Waals surface area (Å²) < 4.78 is 1.59. The summed E-state index contributed by atoms with van der Waals surface area (Å²) in [6.45, 7) is 3.41. The van der Waals surface area contributed by atoms with Gasteiger partial charge in [0, 0.05) is 13.1 Å². The van der Waals surface area contributed by atoms with E-state index < -0.39 is 5.97 Å². The molecular weight excluding hydrogens is 256 g/mol. The highest BCUT2D eigenvalue weighted by molar-refractivity contribution is 7.15. The van der Waals surface area contributed by atoms with Crippen LogP contribution in [0.3, 0.4) is 0 Å². The lowest BCUT2D eigenvalue weighted by Gasteiger charge is -2.38. The average Bonchev–Trinajstić information content (AvgIpc) is 2.86. The first-order valence-electron chi connectivity index (χ1n) is 5.33. The summed E-state index contributed by atoms with van der Waals surface area (Å²) in [5, 5.41) is 26.0. The Bertz CT molecular complexity index is 587. The smallest absolute Gasteiger partial charge is 0.358 e. The third kappa shape index (κ3) is 1.82. The van der Waals surface area contributed by atoms with E-state index >= 15 is 0 Å². The Labute approximate surface area is 106 Å². The van der Waals surface area contributed by atoms with Crippen LogP contribution in [0.5, 0.6) is 0 Å². The molecule has 0 aliphatic carbocycles. The molecule has 8 nitrogen and oxygen atoms in total. The number of hydrogen-bond donors (Lipinski definition) is 1. The Morgan fingerprint density at radius 2 is 2.22 bits per heavy atom. The fraction of sp³-hybridized carbons (Fsp3) is 0.444. The first-order chi connectivity index (χ1) is 8.63. The van der Waals surface area contributed by atoms with Gasteiger partial charge < -0.3 is 10.0 Å². The summed E-state index contributed by atoms with van der Waals surface area (Å²) in [6.07, 6.45) is 1.45. The van der Waals surface area contributed by atoms with Crippen LogP contribution in [0.15, 0.2) is 6.20 Å². The average molecular weight is 266 g/mol. The Balaban J connectivity index is 1.66. The van der Waals surface area contributed by atoms with E-state index in [0.29, 0.717) is 0 Å². The Morgan fingerprint density at radius 1 is 1.44 bits per heavy atom. The van der Waals surface area contributed by atoms with Crippen molar-refractivity contribution in [1.29, 1.82) is 0 Å². The first kappa shape index (κ1) is 11.1. The highest BCUT2D eigenvalue weighted by Gasteiger charge is 2.31. The molecule has 0 atom stereocenters. The maximum absolute atomic E-state index is 10.7. The van der Waals surface area contributed by atoms with E-state index in [1.807, 2.05) is 6.92 Å². The van der Waals surface area contributed by atoms with Crippen LogP contribution in [0.1, 0.15) is 21.5 Å². The Kier molecular flexibility index (Phi) is 2.47. The number of carboxylic acids is 1. The molecule has 0 bridgehead atoms. The van der Waals surface area contributed by atoms with Gasteiger partial charge in [-0.15, -0.1) is 15.3 Å². The van der Waals surface area contributed by atoms with Gasteiger partial charge in [-0.2, -0.15) is 0 Å². The van der Waals surface area contributed by atoms with Crippen LogP contribution in [0.2, 0.25) is 0 Å². The quantitative estimate of drug-likeness (QED) is 0.847. The minimum absolute atomic E-state index is 0.0276. The van der Waals surface area contributed by atoms with Crippen molar-refractivity contribution in [1.82, 2.24) is 25.2 Å². The highest BCUT2D eigenvalue weighted by Crippen LogP contribution is 2.29. The van der Waals surface area contributed by atoms with Gasteiger partial charge in [-0.05, 0) is 6.92 Å². The van der Waals surface area contributed by atoms with Gasteiger partial charge in [-0.1, -0.05) is 16.6 Å². The number of nitrogens with zero attached hydrogens (tertiary/aromatic N) is 6. The molecule has 0 unspecified atom stereocenters. The van der Waals surface area contributed by atoms with Crippen LogP contribution in [0.25, 0.3) is 0 Å². The third-order valence-corrected chi connectivity index (χ3v) is 3.65. The molecule has 0 aromatic carbocycles. The summed E-state index contributed by atoms with van der Waals surface area (Å²) in [6, 6.07) is 0.148. The second-order valence-electron chi connectivity index (χ2n) is 4.05. The molecule has 0 radical (unpaired) electrons. The monoisotopic (exact) mass is 266 g/mol. The van der Waals surface area contributed by atoms with Gasteiger partial charge in [0.25, 0.3) is 0 Å². The molecule has 1 aliphatic rings. The molecule has 3 heterocycles. The number of aromatic nitrogens is 5. The van der Waals surface area contributed by atoms with Crippen molar-refractivity contribution in [2.45, 2.75) is 13.0 Å². The molecule has 1 aliphatic heterocycles. The van der Waals surface area contributed by atoms with Crippen molar-refractivity contribution in [3.8, 4) is 0 Å². The van der Waals surface area contributed by atoms with Gasteiger partial charge >= 0.3 is 5.97 Å². The molecule has 1 fully saturated rings. The molecule has 9 heteroatoms. The van der Waals surface area contributed by atoms with Crippen molar-refractivity contribution >= 4 is 22.4 Å². The fourth-order valence-corrected chi connectivity index (χ4v) is 2.45. The van der Waals surface area contributed by atoms with Crippen LogP contribution in [0.4, 0.5) is 5.13 Å². The van der Waals surface area contributed by atoms with E-state index in [4.69, 9.17) is 5.11 Å². The number of anilines is 1. The minimum Gasteiger partial charge on any atom is -0.476 e. The normalized spacial score (nSPS) is 15.7. The predicted molar refractivity (Wildman–Crippen MR) is 62.9 cm³/mol. The van der Waals surface area contributed by atoms with E-state index in [-0.39, 0.29) is 11.7 Å². The molecule has 0 saturated carbocycles. The molecule has 1 N–H and O–H groups in total. The Hall–Kier alpha value is -2.03. The topological polar surface area (TPSA) is 97.0 Å². The van der Waals surface area contributed by atoms with Gasteiger partial charge in [-0.25, -0.2) is 9.48 Å². The lowest BCUT2D eigenvalue weighted by Crippen LogP contribution is -2.48. The highest BCUT2D eigenvalue weighted by atomic mass is 32.1. The summed E-state index contributed by atoms with van der Waals surface area (Å²) in [7, 11) is 0.